The maximum absolute atomic E-state index is 13.9. The first-order valence-corrected chi connectivity index (χ1v) is 22.6. The van der Waals surface area contributed by atoms with E-state index in [1.807, 2.05) is 23.1 Å². The van der Waals surface area contributed by atoms with Gasteiger partial charge in [0.15, 0.2) is 11.4 Å². The lowest BCUT2D eigenvalue weighted by atomic mass is 9.72. The first-order valence-electron chi connectivity index (χ1n) is 20.7. The molecule has 0 spiro atoms. The Morgan fingerprint density at radius 1 is 1.11 bits per heavy atom. The number of ether oxygens (including phenoxy) is 2. The van der Waals surface area contributed by atoms with E-state index in [9.17, 15) is 23.6 Å². The number of hydrogen-bond donors (Lipinski definition) is 6. The van der Waals surface area contributed by atoms with Crippen molar-refractivity contribution < 1.29 is 27.9 Å². The summed E-state index contributed by atoms with van der Waals surface area (Å²) >= 11 is 6.19. The number of aromatic amines is 1. The molecule has 0 radical (unpaired) electrons. The molecule has 1 aliphatic heterocycles. The number of carbonyl (C=O) groups is 1. The molecule has 1 aromatic heterocycles. The van der Waals surface area contributed by atoms with E-state index >= 15 is 0 Å². The van der Waals surface area contributed by atoms with Crippen molar-refractivity contribution in [2.75, 3.05) is 70.1 Å². The molecule has 6 N–H and O–H groups in total. The van der Waals surface area contributed by atoms with E-state index in [2.05, 4.69) is 62.7 Å². The Labute approximate surface area is 372 Å². The van der Waals surface area contributed by atoms with Crippen LogP contribution in [0.1, 0.15) is 49.0 Å². The van der Waals surface area contributed by atoms with Crippen molar-refractivity contribution in [3.63, 3.8) is 0 Å². The fourth-order valence-electron chi connectivity index (χ4n) is 7.84. The maximum atomic E-state index is 13.9. The SMILES string of the molecule is CC1(C)CCC(CNCCNc2ccc(C(=O)NS(=O)(=O)c3ccc(NCC4CN(CC#N)CCO4)c([N+](C)([O-])O)c3)c(Oc3cccc4[nH]cnc34)c2)=C(c2ccc(Cl)cc2)C1. The number of benzene rings is 4. The lowest BCUT2D eigenvalue weighted by Crippen LogP contribution is -2.45. The number of sulfonamides is 1. The normalized spacial score (nSPS) is 17.8. The highest BCUT2D eigenvalue weighted by Crippen LogP contribution is 2.43. The molecular weight excluding hydrogens is 846 g/mol. The number of amides is 1. The van der Waals surface area contributed by atoms with Crippen LogP contribution in [0.15, 0.2) is 95.7 Å². The summed E-state index contributed by atoms with van der Waals surface area (Å²) in [6.07, 6.45) is 4.27. The van der Waals surface area contributed by atoms with Crippen LogP contribution >= 0.6 is 11.6 Å². The first kappa shape index (κ1) is 45.5. The Morgan fingerprint density at radius 3 is 2.70 bits per heavy atom. The van der Waals surface area contributed by atoms with E-state index < -0.39 is 25.6 Å². The van der Waals surface area contributed by atoms with Crippen LogP contribution in [0.4, 0.5) is 17.1 Å². The van der Waals surface area contributed by atoms with Crippen molar-refractivity contribution in [1.29, 1.82) is 5.26 Å². The molecule has 1 fully saturated rings. The molecule has 7 rings (SSSR count). The molecule has 1 aliphatic carbocycles. The van der Waals surface area contributed by atoms with Crippen LogP contribution in [-0.2, 0) is 14.8 Å². The van der Waals surface area contributed by atoms with E-state index in [0.29, 0.717) is 60.3 Å². The van der Waals surface area contributed by atoms with Gasteiger partial charge in [-0.25, -0.2) is 23.3 Å². The van der Waals surface area contributed by atoms with Gasteiger partial charge in [-0.2, -0.15) is 10.1 Å². The summed E-state index contributed by atoms with van der Waals surface area (Å²) < 4.78 is 41.7. The minimum Gasteiger partial charge on any atom is -0.593 e. The third kappa shape index (κ3) is 11.5. The summed E-state index contributed by atoms with van der Waals surface area (Å²) in [4.78, 5) is 20.8. The first-order chi connectivity index (χ1) is 30.1. The van der Waals surface area contributed by atoms with Crippen LogP contribution in [0, 0.1) is 22.0 Å². The lowest BCUT2D eigenvalue weighted by Gasteiger charge is -2.34. The number of allylic oxidation sites excluding steroid dienone is 1. The van der Waals surface area contributed by atoms with E-state index in [1.54, 1.807) is 24.3 Å². The lowest BCUT2D eigenvalue weighted by molar-refractivity contribution is -0.0168. The Balaban J connectivity index is 1.06. The fourth-order valence-corrected chi connectivity index (χ4v) is 8.95. The Kier molecular flexibility index (Phi) is 14.0. The Hall–Kier alpha value is -5.55. The van der Waals surface area contributed by atoms with Crippen LogP contribution in [0.25, 0.3) is 16.6 Å². The van der Waals surface area contributed by atoms with Crippen molar-refractivity contribution in [3.8, 4) is 17.6 Å². The number of imidazole rings is 1. The molecule has 16 nitrogen and oxygen atoms in total. The van der Waals surface area contributed by atoms with E-state index in [4.69, 9.17) is 26.3 Å². The second kappa shape index (κ2) is 19.5. The van der Waals surface area contributed by atoms with Crippen molar-refractivity contribution in [1.82, 2.24) is 29.7 Å². The van der Waals surface area contributed by atoms with E-state index in [0.717, 1.165) is 38.9 Å². The predicted molar refractivity (Wildman–Crippen MR) is 244 cm³/mol. The molecule has 1 saturated heterocycles. The highest BCUT2D eigenvalue weighted by atomic mass is 35.5. The number of aromatic nitrogens is 2. The van der Waals surface area contributed by atoms with Crippen molar-refractivity contribution in [3.05, 3.63) is 112 Å². The average molecular weight is 898 g/mol. The number of rotatable bonds is 17. The summed E-state index contributed by atoms with van der Waals surface area (Å²) in [6, 6.07) is 23.8. The number of quaternary nitrogens is 1. The maximum Gasteiger partial charge on any atom is 0.268 e. The van der Waals surface area contributed by atoms with Gasteiger partial charge in [-0.15, -0.1) is 0 Å². The Bertz CT molecular complexity index is 2620. The monoisotopic (exact) mass is 897 g/mol. The van der Waals surface area contributed by atoms with Gasteiger partial charge < -0.3 is 35.6 Å². The third-order valence-electron chi connectivity index (χ3n) is 11.2. The number of H-pyrrole nitrogens is 1. The number of fused-ring (bicyclic) bond motifs is 1. The number of carbonyl (C=O) groups excluding carboxylic acids is 1. The highest BCUT2D eigenvalue weighted by Gasteiger charge is 2.29. The van der Waals surface area contributed by atoms with Crippen LogP contribution < -0.4 is 30.2 Å². The van der Waals surface area contributed by atoms with Crippen LogP contribution in [0.2, 0.25) is 5.02 Å². The van der Waals surface area contributed by atoms with Gasteiger partial charge in [-0.1, -0.05) is 49.2 Å². The smallest absolute Gasteiger partial charge is 0.268 e. The van der Waals surface area contributed by atoms with Crippen molar-refractivity contribution >= 4 is 61.2 Å². The number of hydroxylamine groups is 2. The number of anilines is 2. The number of para-hydroxylation sites is 1. The molecule has 2 atom stereocenters. The van der Waals surface area contributed by atoms with Gasteiger partial charge in [0.2, 0.25) is 0 Å². The zero-order chi connectivity index (χ0) is 44.8. The topological polar surface area (TPSA) is 217 Å². The van der Waals surface area contributed by atoms with Crippen LogP contribution in [-0.4, -0.2) is 100.0 Å². The van der Waals surface area contributed by atoms with Crippen LogP contribution in [0.3, 0.4) is 0 Å². The molecule has 18 heteroatoms. The minimum absolute atomic E-state index is 0.0661. The molecule has 0 saturated carbocycles. The summed E-state index contributed by atoms with van der Waals surface area (Å²) in [7, 11) is -3.66. The van der Waals surface area contributed by atoms with Gasteiger partial charge >= 0.3 is 0 Å². The summed E-state index contributed by atoms with van der Waals surface area (Å²) in [5.74, 6) is -0.586. The van der Waals surface area contributed by atoms with Gasteiger partial charge in [-0.3, -0.25) is 9.69 Å². The van der Waals surface area contributed by atoms with Gasteiger partial charge in [-0.05, 0) is 84.3 Å². The van der Waals surface area contributed by atoms with Crippen molar-refractivity contribution in [2.45, 2.75) is 44.1 Å². The largest absolute Gasteiger partial charge is 0.593 e. The number of morpholine rings is 1. The molecule has 2 unspecified atom stereocenters. The van der Waals surface area contributed by atoms with E-state index in [-0.39, 0.29) is 47.3 Å². The van der Waals surface area contributed by atoms with E-state index in [1.165, 1.54) is 41.2 Å². The minimum atomic E-state index is -4.60. The molecule has 332 valence electrons. The quantitative estimate of drug-likeness (QED) is 0.0235. The van der Waals surface area contributed by atoms with Gasteiger partial charge in [0.25, 0.3) is 15.9 Å². The average Bonchev–Trinajstić information content (AvgIpc) is 3.73. The van der Waals surface area contributed by atoms with Gasteiger partial charge in [0.1, 0.15) is 18.3 Å². The van der Waals surface area contributed by atoms with Crippen molar-refractivity contribution in [2.24, 2.45) is 5.41 Å². The van der Waals surface area contributed by atoms with Gasteiger partial charge in [0.05, 0.1) is 53.3 Å². The molecule has 2 aliphatic rings. The molecule has 0 bridgehead atoms. The summed E-state index contributed by atoms with van der Waals surface area (Å²) in [6.45, 7) is 8.46. The molecule has 5 aromatic rings. The summed E-state index contributed by atoms with van der Waals surface area (Å²) in [5, 5.41) is 43.2. The number of hydrogen-bond acceptors (Lipinski definition) is 13. The highest BCUT2D eigenvalue weighted by molar-refractivity contribution is 7.90. The fraction of sp³-hybridized carbons (Fsp3) is 0.356. The third-order valence-corrected chi connectivity index (χ3v) is 12.8. The molecule has 2 heterocycles. The zero-order valence-corrected chi connectivity index (χ0v) is 37.0. The van der Waals surface area contributed by atoms with Crippen LogP contribution in [0.5, 0.6) is 11.5 Å². The van der Waals surface area contributed by atoms with Gasteiger partial charge in [0, 0.05) is 62.1 Å². The second-order valence-corrected chi connectivity index (χ2v) is 18.8. The number of nitrogens with zero attached hydrogens (tertiary/aromatic N) is 4. The molecule has 1 amide bonds. The number of halogens is 1. The Morgan fingerprint density at radius 2 is 1.92 bits per heavy atom. The number of nitrogens with one attached hydrogen (secondary N) is 5. The molecular formula is C45H52ClN9O7S. The zero-order valence-electron chi connectivity index (χ0n) is 35.4. The second-order valence-electron chi connectivity index (χ2n) is 16.7. The number of nitriles is 1. The molecule has 4 aromatic carbocycles. The molecule has 63 heavy (non-hydrogen) atoms. The standard InChI is InChI=1S/C45H52ClN9O7S/c1-45(2)16-15-31(37(25-45)30-7-9-32(46)10-8-30)26-48-18-19-49-33-11-13-36(42(23-33)62-41-6-4-5-39-43(41)52-29-51-39)44(56)53-63(59,60)35-12-14-38(40(24-35)55(3,57)58)50-27-34-28-54(20-17-47)21-22-61-34/h4-14,23-24,29,34,48-50,57H,15-16,18-22,25-28H2,1-3H3,(H,51,52)(H,53,56). The predicted octanol–water partition coefficient (Wildman–Crippen LogP) is 7.25. The summed E-state index contributed by atoms with van der Waals surface area (Å²) in [5.41, 5.74) is 5.73.